The molecule has 0 aromatic carbocycles. The van der Waals surface area contributed by atoms with Crippen molar-refractivity contribution in [1.82, 2.24) is 5.32 Å². The Morgan fingerprint density at radius 1 is 1.31 bits per heavy atom. The highest BCUT2D eigenvalue weighted by Gasteiger charge is 2.06. The Bertz CT molecular complexity index is 193. The summed E-state index contributed by atoms with van der Waals surface area (Å²) in [5.74, 6) is -0.864. The minimum Gasteiger partial charge on any atom is -0.477 e. The van der Waals surface area contributed by atoms with Crippen LogP contribution in [0.15, 0.2) is 11.3 Å². The van der Waals surface area contributed by atoms with Gasteiger partial charge in [-0.05, 0) is 25.8 Å². The molecule has 2 N–H and O–H groups in total. The van der Waals surface area contributed by atoms with Crippen LogP contribution in [0.5, 0.6) is 0 Å². The zero-order valence-corrected chi connectivity index (χ0v) is 8.68. The molecule has 0 aliphatic rings. The van der Waals surface area contributed by atoms with E-state index in [-0.39, 0.29) is 0 Å². The molecule has 0 aromatic rings. The van der Waals surface area contributed by atoms with Gasteiger partial charge in [-0.2, -0.15) is 0 Å². The lowest BCUT2D eigenvalue weighted by molar-refractivity contribution is -0.133. The molecule has 0 amide bonds. The van der Waals surface area contributed by atoms with E-state index < -0.39 is 5.97 Å². The maximum Gasteiger partial charge on any atom is 0.351 e. The zero-order chi connectivity index (χ0) is 10.3. The van der Waals surface area contributed by atoms with E-state index in [2.05, 4.69) is 12.2 Å². The van der Waals surface area contributed by atoms with Crippen molar-refractivity contribution in [2.45, 2.75) is 40.0 Å². The highest BCUT2D eigenvalue weighted by molar-refractivity contribution is 5.86. The first-order valence-corrected chi connectivity index (χ1v) is 4.74. The largest absolute Gasteiger partial charge is 0.477 e. The average Bonchev–Trinajstić information content (AvgIpc) is 2.02. The van der Waals surface area contributed by atoms with Crippen LogP contribution >= 0.6 is 0 Å². The molecule has 0 radical (unpaired) electrons. The first-order chi connectivity index (χ1) is 6.09. The Hall–Kier alpha value is -0.990. The third-order valence-corrected chi connectivity index (χ3v) is 1.80. The minimum atomic E-state index is -0.864. The lowest BCUT2D eigenvalue weighted by Crippen LogP contribution is -2.22. The number of hydrogen-bond acceptors (Lipinski definition) is 2. The third kappa shape index (κ3) is 5.28. The second-order valence-corrected chi connectivity index (χ2v) is 3.31. The van der Waals surface area contributed by atoms with Gasteiger partial charge < -0.3 is 10.4 Å². The van der Waals surface area contributed by atoms with E-state index in [4.69, 9.17) is 5.11 Å². The molecule has 76 valence electrons. The van der Waals surface area contributed by atoms with Gasteiger partial charge in [-0.1, -0.05) is 19.8 Å². The Morgan fingerprint density at radius 2 is 1.92 bits per heavy atom. The van der Waals surface area contributed by atoms with Gasteiger partial charge in [-0.15, -0.1) is 0 Å². The molecule has 0 fully saturated rings. The molecule has 13 heavy (non-hydrogen) atoms. The van der Waals surface area contributed by atoms with E-state index in [9.17, 15) is 4.79 Å². The zero-order valence-electron chi connectivity index (χ0n) is 8.68. The van der Waals surface area contributed by atoms with Crippen molar-refractivity contribution in [1.29, 1.82) is 0 Å². The maximum absolute atomic E-state index is 10.7. The van der Waals surface area contributed by atoms with Crippen molar-refractivity contribution < 1.29 is 9.90 Å². The molecule has 0 aliphatic heterocycles. The van der Waals surface area contributed by atoms with Gasteiger partial charge >= 0.3 is 5.97 Å². The van der Waals surface area contributed by atoms with Gasteiger partial charge in [0.05, 0.1) is 0 Å². The summed E-state index contributed by atoms with van der Waals surface area (Å²) in [7, 11) is 0. The van der Waals surface area contributed by atoms with Crippen molar-refractivity contribution in [3.05, 3.63) is 11.3 Å². The predicted molar refractivity (Wildman–Crippen MR) is 53.5 cm³/mol. The van der Waals surface area contributed by atoms with Crippen LogP contribution in [-0.4, -0.2) is 17.6 Å². The average molecular weight is 185 g/mol. The molecular weight excluding hydrogens is 166 g/mol. The van der Waals surface area contributed by atoms with E-state index in [1.807, 2.05) is 0 Å². The van der Waals surface area contributed by atoms with Crippen LogP contribution in [0.3, 0.4) is 0 Å². The van der Waals surface area contributed by atoms with E-state index in [0.29, 0.717) is 5.70 Å². The molecule has 0 bridgehead atoms. The lowest BCUT2D eigenvalue weighted by atomic mass is 10.2. The van der Waals surface area contributed by atoms with Gasteiger partial charge in [0.1, 0.15) is 5.70 Å². The molecule has 3 heteroatoms. The Kier molecular flexibility index (Phi) is 6.02. The minimum absolute atomic E-state index is 0.344. The number of allylic oxidation sites excluding steroid dienone is 1. The van der Waals surface area contributed by atoms with Crippen molar-refractivity contribution in [2.24, 2.45) is 0 Å². The predicted octanol–water partition coefficient (Wildman–Crippen LogP) is 2.14. The van der Waals surface area contributed by atoms with Crippen LogP contribution in [0.1, 0.15) is 40.0 Å². The first kappa shape index (κ1) is 12.0. The number of nitrogens with one attached hydrogen (secondary N) is 1. The van der Waals surface area contributed by atoms with Crippen molar-refractivity contribution in [3.63, 3.8) is 0 Å². The molecule has 0 saturated carbocycles. The van der Waals surface area contributed by atoms with E-state index in [1.165, 1.54) is 0 Å². The van der Waals surface area contributed by atoms with Crippen LogP contribution in [0.2, 0.25) is 0 Å². The highest BCUT2D eigenvalue weighted by Crippen LogP contribution is 2.00. The normalized spacial score (nSPS) is 9.46. The molecule has 0 heterocycles. The van der Waals surface area contributed by atoms with Crippen LogP contribution in [0, 0.1) is 0 Å². The molecule has 0 spiro atoms. The summed E-state index contributed by atoms with van der Waals surface area (Å²) in [5.41, 5.74) is 1.17. The molecule has 0 atom stereocenters. The maximum atomic E-state index is 10.7. The molecule has 0 saturated heterocycles. The third-order valence-electron chi connectivity index (χ3n) is 1.80. The fraction of sp³-hybridized carbons (Fsp3) is 0.700. The standard InChI is InChI=1S/C10H19NO2/c1-4-5-6-7-11-9(8(2)3)10(12)13/h11H,4-7H2,1-3H3,(H,12,13). The summed E-state index contributed by atoms with van der Waals surface area (Å²) in [6.07, 6.45) is 3.32. The molecule has 0 aromatic heterocycles. The number of rotatable bonds is 6. The van der Waals surface area contributed by atoms with Gasteiger partial charge in [-0.3, -0.25) is 0 Å². The van der Waals surface area contributed by atoms with Gasteiger partial charge in [0.25, 0.3) is 0 Å². The van der Waals surface area contributed by atoms with Crippen LogP contribution in [0.4, 0.5) is 0 Å². The number of hydrogen-bond donors (Lipinski definition) is 2. The number of aliphatic carboxylic acids is 1. The summed E-state index contributed by atoms with van der Waals surface area (Å²) >= 11 is 0. The topological polar surface area (TPSA) is 49.3 Å². The molecule has 0 unspecified atom stereocenters. The van der Waals surface area contributed by atoms with E-state index in [1.54, 1.807) is 13.8 Å². The SMILES string of the molecule is CCCCCNC(C(=O)O)=C(C)C. The first-order valence-electron chi connectivity index (χ1n) is 4.74. The van der Waals surface area contributed by atoms with Gasteiger partial charge in [0.2, 0.25) is 0 Å². The summed E-state index contributed by atoms with van der Waals surface area (Å²) in [6, 6.07) is 0. The van der Waals surface area contributed by atoms with Crippen molar-refractivity contribution in [3.8, 4) is 0 Å². The quantitative estimate of drug-likeness (QED) is 0.492. The number of unbranched alkanes of at least 4 members (excludes halogenated alkanes) is 2. The molecule has 0 rings (SSSR count). The van der Waals surface area contributed by atoms with Crippen LogP contribution in [0.25, 0.3) is 0 Å². The van der Waals surface area contributed by atoms with Crippen LogP contribution in [-0.2, 0) is 4.79 Å². The van der Waals surface area contributed by atoms with Gasteiger partial charge in [-0.25, -0.2) is 4.79 Å². The summed E-state index contributed by atoms with van der Waals surface area (Å²) in [4.78, 5) is 10.7. The smallest absolute Gasteiger partial charge is 0.351 e. The second-order valence-electron chi connectivity index (χ2n) is 3.31. The molecule has 3 nitrogen and oxygen atoms in total. The highest BCUT2D eigenvalue weighted by atomic mass is 16.4. The molecular formula is C10H19NO2. The Labute approximate surface area is 79.8 Å². The number of carboxylic acid groups (broad SMARTS) is 1. The summed E-state index contributed by atoms with van der Waals surface area (Å²) in [5, 5.41) is 11.7. The number of carbonyl (C=O) groups is 1. The van der Waals surface area contributed by atoms with Crippen LogP contribution < -0.4 is 5.32 Å². The monoisotopic (exact) mass is 185 g/mol. The van der Waals surface area contributed by atoms with E-state index in [0.717, 1.165) is 31.4 Å². The van der Waals surface area contributed by atoms with Crippen molar-refractivity contribution in [2.75, 3.05) is 6.54 Å². The summed E-state index contributed by atoms with van der Waals surface area (Å²) < 4.78 is 0. The van der Waals surface area contributed by atoms with E-state index >= 15 is 0 Å². The van der Waals surface area contributed by atoms with Gasteiger partial charge in [0.15, 0.2) is 0 Å². The Balaban J connectivity index is 3.87. The number of carboxylic acids is 1. The van der Waals surface area contributed by atoms with Gasteiger partial charge in [0, 0.05) is 6.54 Å². The van der Waals surface area contributed by atoms with Crippen molar-refractivity contribution >= 4 is 5.97 Å². The summed E-state index contributed by atoms with van der Waals surface area (Å²) in [6.45, 7) is 6.48. The fourth-order valence-corrected chi connectivity index (χ4v) is 1.05. The Morgan fingerprint density at radius 3 is 2.31 bits per heavy atom. The fourth-order valence-electron chi connectivity index (χ4n) is 1.05. The lowest BCUT2D eigenvalue weighted by Gasteiger charge is -2.07. The molecule has 0 aliphatic carbocycles. The second kappa shape index (κ2) is 6.52.